The van der Waals surface area contributed by atoms with Crippen molar-refractivity contribution in [2.45, 2.75) is 44.6 Å². The molecular formula is C18H19N3O4. The Labute approximate surface area is 144 Å². The number of fused-ring (bicyclic) bond motifs is 1. The van der Waals surface area contributed by atoms with Gasteiger partial charge in [0.05, 0.1) is 0 Å². The summed E-state index contributed by atoms with van der Waals surface area (Å²) in [5.41, 5.74) is 3.14. The number of amides is 4. The number of carbonyl (C=O) groups is 3. The standard InChI is InChI=1S/C18H19N3O4/c1-11-5-6-13-12(9-11)10-14(25-13)15(22)20-21-16(23)18(19-17(21)24)7-3-2-4-8-18/h5-6,9-10H,2-4,7-8H2,1H3,(H,19,24)(H,20,22). The fourth-order valence-corrected chi connectivity index (χ4v) is 3.65. The van der Waals surface area contributed by atoms with Crippen molar-refractivity contribution in [1.29, 1.82) is 0 Å². The molecular weight excluding hydrogens is 322 g/mol. The van der Waals surface area contributed by atoms with Crippen molar-refractivity contribution in [3.8, 4) is 0 Å². The van der Waals surface area contributed by atoms with Crippen LogP contribution in [0.3, 0.4) is 0 Å². The van der Waals surface area contributed by atoms with Crippen LogP contribution in [-0.4, -0.2) is 28.4 Å². The van der Waals surface area contributed by atoms with Crippen LogP contribution in [0.25, 0.3) is 11.0 Å². The summed E-state index contributed by atoms with van der Waals surface area (Å²) in [6.45, 7) is 1.95. The van der Waals surface area contributed by atoms with Crippen molar-refractivity contribution in [2.75, 3.05) is 0 Å². The zero-order valence-electron chi connectivity index (χ0n) is 13.9. The molecule has 25 heavy (non-hydrogen) atoms. The monoisotopic (exact) mass is 341 g/mol. The van der Waals surface area contributed by atoms with E-state index in [1.165, 1.54) is 0 Å². The van der Waals surface area contributed by atoms with Crippen LogP contribution in [0.15, 0.2) is 28.7 Å². The van der Waals surface area contributed by atoms with Gasteiger partial charge in [0.1, 0.15) is 11.1 Å². The van der Waals surface area contributed by atoms with Gasteiger partial charge in [-0.3, -0.25) is 9.59 Å². The number of furan rings is 1. The largest absolute Gasteiger partial charge is 0.451 e. The minimum absolute atomic E-state index is 0.0609. The SMILES string of the molecule is Cc1ccc2oc(C(=O)NN3C(=O)NC4(CCCCC4)C3=O)cc2c1. The Balaban J connectivity index is 1.55. The fourth-order valence-electron chi connectivity index (χ4n) is 3.65. The van der Waals surface area contributed by atoms with Gasteiger partial charge in [0.2, 0.25) is 0 Å². The average Bonchev–Trinajstić information content (AvgIpc) is 3.10. The molecule has 7 heteroatoms. The van der Waals surface area contributed by atoms with Crippen LogP contribution >= 0.6 is 0 Å². The lowest BCUT2D eigenvalue weighted by molar-refractivity contribution is -0.134. The highest BCUT2D eigenvalue weighted by atomic mass is 16.3. The number of nitrogens with one attached hydrogen (secondary N) is 2. The van der Waals surface area contributed by atoms with E-state index in [2.05, 4.69) is 10.7 Å². The Hall–Kier alpha value is -2.83. The molecule has 0 unspecified atom stereocenters. The third-order valence-corrected chi connectivity index (χ3v) is 4.98. The summed E-state index contributed by atoms with van der Waals surface area (Å²) in [7, 11) is 0. The first-order chi connectivity index (χ1) is 12.0. The van der Waals surface area contributed by atoms with E-state index in [1.807, 2.05) is 19.1 Å². The minimum atomic E-state index is -0.867. The van der Waals surface area contributed by atoms with Gasteiger partial charge in [-0.25, -0.2) is 10.2 Å². The zero-order chi connectivity index (χ0) is 17.6. The molecule has 130 valence electrons. The number of rotatable bonds is 2. The molecule has 2 aromatic rings. The van der Waals surface area contributed by atoms with Gasteiger partial charge in [0.25, 0.3) is 5.91 Å². The summed E-state index contributed by atoms with van der Waals surface area (Å²) in [4.78, 5) is 37.3. The van der Waals surface area contributed by atoms with E-state index in [1.54, 1.807) is 12.1 Å². The maximum Gasteiger partial charge on any atom is 0.344 e. The van der Waals surface area contributed by atoms with Crippen molar-refractivity contribution in [2.24, 2.45) is 0 Å². The van der Waals surface area contributed by atoms with Crippen molar-refractivity contribution in [3.05, 3.63) is 35.6 Å². The van der Waals surface area contributed by atoms with Crippen molar-refractivity contribution in [3.63, 3.8) is 0 Å². The van der Waals surface area contributed by atoms with Gasteiger partial charge in [-0.2, -0.15) is 5.01 Å². The zero-order valence-corrected chi connectivity index (χ0v) is 13.9. The molecule has 1 spiro atoms. The minimum Gasteiger partial charge on any atom is -0.451 e. The highest BCUT2D eigenvalue weighted by molar-refractivity contribution is 6.09. The van der Waals surface area contributed by atoms with Crippen LogP contribution in [-0.2, 0) is 4.79 Å². The number of hydrogen-bond acceptors (Lipinski definition) is 4. The van der Waals surface area contributed by atoms with Gasteiger partial charge in [-0.05, 0) is 38.0 Å². The van der Waals surface area contributed by atoms with E-state index in [4.69, 9.17) is 4.42 Å². The van der Waals surface area contributed by atoms with E-state index in [9.17, 15) is 14.4 Å². The maximum atomic E-state index is 12.7. The summed E-state index contributed by atoms with van der Waals surface area (Å²) >= 11 is 0. The lowest BCUT2D eigenvalue weighted by Crippen LogP contribution is -2.50. The molecule has 1 saturated carbocycles. The van der Waals surface area contributed by atoms with E-state index in [-0.39, 0.29) is 5.76 Å². The Morgan fingerprint density at radius 2 is 1.96 bits per heavy atom. The molecule has 1 aromatic carbocycles. The number of hydrazine groups is 1. The smallest absolute Gasteiger partial charge is 0.344 e. The van der Waals surface area contributed by atoms with Crippen LogP contribution < -0.4 is 10.7 Å². The maximum absolute atomic E-state index is 12.7. The Morgan fingerprint density at radius 3 is 2.72 bits per heavy atom. The first-order valence-corrected chi connectivity index (χ1v) is 8.46. The molecule has 2 fully saturated rings. The van der Waals surface area contributed by atoms with Crippen LogP contribution in [0, 0.1) is 6.92 Å². The molecule has 0 radical (unpaired) electrons. The summed E-state index contributed by atoms with van der Waals surface area (Å²) in [6, 6.07) is 6.59. The van der Waals surface area contributed by atoms with Crippen LogP contribution in [0.4, 0.5) is 4.79 Å². The Kier molecular flexibility index (Phi) is 3.52. The molecule has 1 aromatic heterocycles. The highest BCUT2D eigenvalue weighted by Gasteiger charge is 2.52. The van der Waals surface area contributed by atoms with Crippen molar-refractivity contribution < 1.29 is 18.8 Å². The van der Waals surface area contributed by atoms with Gasteiger partial charge in [0.15, 0.2) is 5.76 Å². The second kappa shape index (κ2) is 5.61. The predicted octanol–water partition coefficient (Wildman–Crippen LogP) is 2.64. The second-order valence-corrected chi connectivity index (χ2v) is 6.81. The number of aryl methyl sites for hydroxylation is 1. The number of carbonyl (C=O) groups excluding carboxylic acids is 3. The lowest BCUT2D eigenvalue weighted by Gasteiger charge is -2.30. The first-order valence-electron chi connectivity index (χ1n) is 8.46. The summed E-state index contributed by atoms with van der Waals surface area (Å²) in [5, 5.41) is 4.33. The summed E-state index contributed by atoms with van der Waals surface area (Å²) < 4.78 is 5.52. The normalized spacial score (nSPS) is 19.5. The Bertz CT molecular complexity index is 880. The molecule has 4 amide bonds. The van der Waals surface area contributed by atoms with E-state index in [0.717, 1.165) is 35.2 Å². The lowest BCUT2D eigenvalue weighted by atomic mass is 9.82. The quantitative estimate of drug-likeness (QED) is 0.822. The van der Waals surface area contributed by atoms with Gasteiger partial charge < -0.3 is 9.73 Å². The number of urea groups is 1. The van der Waals surface area contributed by atoms with E-state index >= 15 is 0 Å². The summed E-state index contributed by atoms with van der Waals surface area (Å²) in [6.07, 6.45) is 4.03. The van der Waals surface area contributed by atoms with Gasteiger partial charge >= 0.3 is 11.9 Å². The third kappa shape index (κ3) is 2.56. The molecule has 1 aliphatic carbocycles. The second-order valence-electron chi connectivity index (χ2n) is 6.81. The molecule has 2 heterocycles. The predicted molar refractivity (Wildman–Crippen MR) is 89.6 cm³/mol. The van der Waals surface area contributed by atoms with E-state index < -0.39 is 23.4 Å². The van der Waals surface area contributed by atoms with Gasteiger partial charge in [-0.15, -0.1) is 0 Å². The number of imide groups is 1. The molecule has 1 aliphatic heterocycles. The fraction of sp³-hybridized carbons (Fsp3) is 0.389. The highest BCUT2D eigenvalue weighted by Crippen LogP contribution is 2.33. The number of nitrogens with zero attached hydrogens (tertiary/aromatic N) is 1. The van der Waals surface area contributed by atoms with Gasteiger partial charge in [0, 0.05) is 5.39 Å². The average molecular weight is 341 g/mol. The summed E-state index contributed by atoms with van der Waals surface area (Å²) in [5.74, 6) is -0.950. The Morgan fingerprint density at radius 1 is 1.20 bits per heavy atom. The topological polar surface area (TPSA) is 91.7 Å². The van der Waals surface area contributed by atoms with Crippen molar-refractivity contribution in [1.82, 2.24) is 15.8 Å². The molecule has 2 aliphatic rings. The van der Waals surface area contributed by atoms with Crippen LogP contribution in [0.2, 0.25) is 0 Å². The number of benzene rings is 1. The molecule has 7 nitrogen and oxygen atoms in total. The first kappa shape index (κ1) is 15.7. The molecule has 2 N–H and O–H groups in total. The van der Waals surface area contributed by atoms with Crippen molar-refractivity contribution >= 4 is 28.8 Å². The van der Waals surface area contributed by atoms with E-state index in [0.29, 0.717) is 18.4 Å². The van der Waals surface area contributed by atoms with Gasteiger partial charge in [-0.1, -0.05) is 30.9 Å². The van der Waals surface area contributed by atoms with Crippen LogP contribution in [0.1, 0.15) is 48.2 Å². The number of hydrogen-bond donors (Lipinski definition) is 2. The molecule has 4 rings (SSSR count). The van der Waals surface area contributed by atoms with Crippen LogP contribution in [0.5, 0.6) is 0 Å². The molecule has 1 saturated heterocycles. The molecule has 0 bridgehead atoms. The third-order valence-electron chi connectivity index (χ3n) is 4.98. The molecule has 0 atom stereocenters.